The van der Waals surface area contributed by atoms with Crippen LogP contribution in [0.1, 0.15) is 81.9 Å². The lowest BCUT2D eigenvalue weighted by Crippen LogP contribution is -2.59. The van der Waals surface area contributed by atoms with E-state index in [1.54, 1.807) is 30.5 Å². The second kappa shape index (κ2) is 30.1. The summed E-state index contributed by atoms with van der Waals surface area (Å²) in [6, 6.07) is 7.78. The van der Waals surface area contributed by atoms with E-state index in [1.807, 2.05) is 13.8 Å². The highest BCUT2D eigenvalue weighted by Crippen LogP contribution is 2.22. The molecule has 0 radical (unpaired) electrons. The highest BCUT2D eigenvalue weighted by Gasteiger charge is 2.37. The monoisotopic (exact) mass is 1100 g/mol. The average molecular weight is 1100 g/mol. The first-order valence-corrected chi connectivity index (χ1v) is 25.5. The number of nitro benzene ring substituents is 1. The predicted octanol–water partition coefficient (Wildman–Crippen LogP) is 0.661. The number of benzene rings is 3. The average Bonchev–Trinajstić information content (AvgIpc) is 3.81. The molecule has 8 amide bonds. The van der Waals surface area contributed by atoms with E-state index in [9.17, 15) is 73.4 Å². The van der Waals surface area contributed by atoms with Crippen LogP contribution in [0.4, 0.5) is 5.69 Å². The highest BCUT2D eigenvalue weighted by atomic mass is 16.6. The van der Waals surface area contributed by atoms with Gasteiger partial charge in [0.25, 0.3) is 5.69 Å². The number of hydrogen-bond donors (Lipinski definition) is 11. The van der Waals surface area contributed by atoms with Gasteiger partial charge in [-0.1, -0.05) is 82.0 Å². The number of rotatable bonds is 32. The van der Waals surface area contributed by atoms with E-state index in [4.69, 9.17) is 11.5 Å². The van der Waals surface area contributed by atoms with Crippen molar-refractivity contribution >= 4 is 75.8 Å². The SMILES string of the molecule is CCCC[C@@H](C(=O)N[C@@H](CC(=O)O)C(=O)N[C@@H](Cc1ccc([N+](=O)[O-])cc1)C(N)=O)N(C)C(=O)[C@H](Cc1c[nH]c2ccccc12)NC(=O)CNC(=O)[C@H](CCCC)N(C)C(=O)[C@H](Cc1ccc(O)cc1)NC(=O)[C@@H](N)CC(=O)O. The second-order valence-corrected chi connectivity index (χ2v) is 19.0. The summed E-state index contributed by atoms with van der Waals surface area (Å²) in [5.74, 6) is -10.2. The van der Waals surface area contributed by atoms with Gasteiger partial charge in [0.1, 0.15) is 42.0 Å². The number of para-hydroxylation sites is 1. The first-order chi connectivity index (χ1) is 37.4. The van der Waals surface area contributed by atoms with Crippen LogP contribution in [0.2, 0.25) is 0 Å². The van der Waals surface area contributed by atoms with E-state index in [0.717, 1.165) is 9.80 Å². The molecule has 0 spiro atoms. The molecular formula is C53H69N11O15. The minimum atomic E-state index is -1.80. The van der Waals surface area contributed by atoms with Crippen molar-refractivity contribution in [1.29, 1.82) is 0 Å². The molecular weight excluding hydrogens is 1030 g/mol. The fourth-order valence-corrected chi connectivity index (χ4v) is 8.61. The van der Waals surface area contributed by atoms with Crippen LogP contribution in [0.5, 0.6) is 5.75 Å². The maximum Gasteiger partial charge on any atom is 0.305 e. The van der Waals surface area contributed by atoms with Crippen molar-refractivity contribution in [2.24, 2.45) is 11.5 Å². The molecule has 79 heavy (non-hydrogen) atoms. The maximum absolute atomic E-state index is 14.8. The summed E-state index contributed by atoms with van der Waals surface area (Å²) < 4.78 is 0. The van der Waals surface area contributed by atoms with Gasteiger partial charge in [0.05, 0.1) is 30.4 Å². The fraction of sp³-hybridized carbons (Fsp3) is 0.434. The number of aliphatic carboxylic acids is 2. The Labute approximate surface area is 454 Å². The number of carboxylic acid groups (broad SMARTS) is 2. The molecule has 0 aliphatic carbocycles. The molecule has 426 valence electrons. The molecule has 0 unspecified atom stereocenters. The second-order valence-electron chi connectivity index (χ2n) is 19.0. The Bertz CT molecular complexity index is 2820. The van der Waals surface area contributed by atoms with Crippen LogP contribution in [-0.2, 0) is 67.2 Å². The number of hydrogen-bond acceptors (Lipinski definition) is 14. The minimum Gasteiger partial charge on any atom is -0.508 e. The molecule has 4 rings (SSSR count). The van der Waals surface area contributed by atoms with Crippen LogP contribution in [-0.4, -0.2) is 157 Å². The third-order valence-corrected chi connectivity index (χ3v) is 13.0. The number of nitrogens with zero attached hydrogens (tertiary/aromatic N) is 3. The first kappa shape index (κ1) is 62.6. The normalized spacial score (nSPS) is 13.7. The number of aromatic nitrogens is 1. The molecule has 0 bridgehead atoms. The first-order valence-electron chi connectivity index (χ1n) is 25.5. The van der Waals surface area contributed by atoms with Crippen LogP contribution >= 0.6 is 0 Å². The Morgan fingerprint density at radius 1 is 0.646 bits per heavy atom. The zero-order valence-electron chi connectivity index (χ0n) is 44.3. The summed E-state index contributed by atoms with van der Waals surface area (Å²) in [5.41, 5.74) is 13.3. The number of aromatic amines is 1. The molecule has 1 heterocycles. The minimum absolute atomic E-state index is 0.000150. The molecule has 0 aliphatic rings. The zero-order chi connectivity index (χ0) is 58.5. The third kappa shape index (κ3) is 18.9. The Balaban J connectivity index is 1.58. The number of nitro groups is 1. The summed E-state index contributed by atoms with van der Waals surface area (Å²) in [6.45, 7) is 2.95. The Morgan fingerprint density at radius 3 is 1.70 bits per heavy atom. The van der Waals surface area contributed by atoms with Gasteiger partial charge in [-0.15, -0.1) is 0 Å². The molecule has 26 heteroatoms. The largest absolute Gasteiger partial charge is 0.508 e. The lowest BCUT2D eigenvalue weighted by Gasteiger charge is -2.32. The van der Waals surface area contributed by atoms with E-state index in [2.05, 4.69) is 31.6 Å². The lowest BCUT2D eigenvalue weighted by molar-refractivity contribution is -0.384. The molecule has 0 fully saturated rings. The van der Waals surface area contributed by atoms with Gasteiger partial charge in [-0.25, -0.2) is 0 Å². The van der Waals surface area contributed by atoms with Crippen molar-refractivity contribution in [1.82, 2.24) is 41.4 Å². The number of non-ortho nitro benzene ring substituents is 1. The van der Waals surface area contributed by atoms with Crippen LogP contribution in [0, 0.1) is 10.1 Å². The fourth-order valence-electron chi connectivity index (χ4n) is 8.61. The number of carboxylic acids is 2. The number of phenolic OH excluding ortho intramolecular Hbond substituents is 1. The number of H-pyrrole nitrogens is 1. The molecule has 1 aromatic heterocycles. The van der Waals surface area contributed by atoms with Gasteiger partial charge in [0.15, 0.2) is 0 Å². The summed E-state index contributed by atoms with van der Waals surface area (Å²) in [4.78, 5) is 150. The lowest BCUT2D eigenvalue weighted by atomic mass is 10.0. The van der Waals surface area contributed by atoms with Crippen LogP contribution < -0.4 is 38.1 Å². The van der Waals surface area contributed by atoms with Gasteiger partial charge in [-0.2, -0.15) is 0 Å². The van der Waals surface area contributed by atoms with Gasteiger partial charge < -0.3 is 68.2 Å². The van der Waals surface area contributed by atoms with Gasteiger partial charge in [0, 0.05) is 62.6 Å². The number of nitrogens with one attached hydrogen (secondary N) is 6. The molecule has 7 atom stereocenters. The van der Waals surface area contributed by atoms with Crippen molar-refractivity contribution in [2.45, 2.75) is 127 Å². The molecule has 0 saturated carbocycles. The van der Waals surface area contributed by atoms with Crippen LogP contribution in [0.15, 0.2) is 79.0 Å². The third-order valence-electron chi connectivity index (χ3n) is 13.0. The molecule has 4 aromatic rings. The number of carbonyl (C=O) groups is 10. The van der Waals surface area contributed by atoms with Gasteiger partial charge in [0.2, 0.25) is 47.3 Å². The number of unbranched alkanes of at least 4 members (excludes halogenated alkanes) is 2. The summed E-state index contributed by atoms with van der Waals surface area (Å²) in [5, 5.41) is 53.2. The van der Waals surface area contributed by atoms with E-state index in [0.29, 0.717) is 53.3 Å². The standard InChI is InChI=1S/C53H69N11O15/c1-5-7-13-42(62(3)52(76)40(24-31-17-21-34(65)22-18-31)61-48(72)36(54)26-45(67)68)50(74)57-29-44(66)58-41(25-32-28-56-37-12-10-9-11-35(32)37)53(77)63(4)43(14-8-6-2)51(75)60-39(27-46(69)70)49(73)59-38(47(55)71)23-30-15-19-33(20-16-30)64(78)79/h9-12,15-22,28,36,38-43,56,65H,5-8,13-14,23-27,29,54H2,1-4H3,(H2,55,71)(H,57,74)(H,58,66)(H,59,73)(H,60,75)(H,61,72)(H,67,68)(H,69,70)/t36-,38-,39-,40-,41-,42-,43-/m0/s1. The van der Waals surface area contributed by atoms with E-state index >= 15 is 0 Å². The Kier molecular flexibility index (Phi) is 23.9. The van der Waals surface area contributed by atoms with E-state index < -0.39 is 126 Å². The van der Waals surface area contributed by atoms with Crippen molar-refractivity contribution in [2.75, 3.05) is 20.6 Å². The van der Waals surface area contributed by atoms with Crippen molar-refractivity contribution in [3.63, 3.8) is 0 Å². The molecule has 13 N–H and O–H groups in total. The van der Waals surface area contributed by atoms with E-state index in [1.165, 1.54) is 62.6 Å². The Hall–Kier alpha value is -8.94. The van der Waals surface area contributed by atoms with Crippen molar-refractivity contribution in [3.05, 3.63) is 106 Å². The van der Waals surface area contributed by atoms with Gasteiger partial charge in [-0.05, 0) is 47.7 Å². The number of amides is 8. The maximum atomic E-state index is 14.8. The number of nitrogens with two attached hydrogens (primary N) is 2. The molecule has 0 saturated heterocycles. The summed E-state index contributed by atoms with van der Waals surface area (Å²) in [7, 11) is 2.62. The number of aromatic hydroxyl groups is 1. The van der Waals surface area contributed by atoms with Gasteiger partial charge >= 0.3 is 11.9 Å². The Morgan fingerprint density at radius 2 is 1.15 bits per heavy atom. The number of primary amides is 1. The number of phenols is 1. The van der Waals surface area contributed by atoms with Crippen LogP contribution in [0.3, 0.4) is 0 Å². The van der Waals surface area contributed by atoms with Crippen molar-refractivity contribution in [3.8, 4) is 5.75 Å². The number of carbonyl (C=O) groups excluding carboxylic acids is 8. The molecule has 26 nitrogen and oxygen atoms in total. The summed E-state index contributed by atoms with van der Waals surface area (Å²) in [6.07, 6.45) is 1.39. The number of fused-ring (bicyclic) bond motifs is 1. The predicted molar refractivity (Wildman–Crippen MR) is 285 cm³/mol. The quantitative estimate of drug-likeness (QED) is 0.0236. The smallest absolute Gasteiger partial charge is 0.305 e. The molecule has 3 aromatic carbocycles. The number of likely N-dealkylation sites (N-methyl/N-ethyl adjacent to an activating group) is 2. The van der Waals surface area contributed by atoms with E-state index in [-0.39, 0.29) is 43.5 Å². The highest BCUT2D eigenvalue weighted by molar-refractivity contribution is 5.98. The van der Waals surface area contributed by atoms with Crippen LogP contribution in [0.25, 0.3) is 10.9 Å². The van der Waals surface area contributed by atoms with Crippen molar-refractivity contribution < 1.29 is 68.2 Å². The topological polar surface area (TPSA) is 409 Å². The van der Waals surface area contributed by atoms with Gasteiger partial charge in [-0.3, -0.25) is 58.1 Å². The molecule has 0 aliphatic heterocycles. The zero-order valence-corrected chi connectivity index (χ0v) is 44.3. The summed E-state index contributed by atoms with van der Waals surface area (Å²) >= 11 is 0.